The summed E-state index contributed by atoms with van der Waals surface area (Å²) in [6.07, 6.45) is 0.391. The Labute approximate surface area is 184 Å². The highest BCUT2D eigenvalue weighted by Gasteiger charge is 2.22. The van der Waals surface area contributed by atoms with Crippen LogP contribution in [0.3, 0.4) is 0 Å². The van der Waals surface area contributed by atoms with Crippen molar-refractivity contribution < 1.29 is 17.6 Å². The molecule has 0 aliphatic carbocycles. The van der Waals surface area contributed by atoms with Crippen LogP contribution in [0.1, 0.15) is 29.3 Å². The van der Waals surface area contributed by atoms with Gasteiger partial charge in [0.05, 0.1) is 24.0 Å². The standard InChI is InChI=1S/C20H18F3N7OS/c21-14-3-4-29(7-14)9-16-5-13(11-32-16)17-10-30(28-25-17)8-15-2-1-12(6-24-15)19-26-27-20(31-19)18(22)23/h1-2,5-6,10-11,14,18H,3-4,7-9H2. The van der Waals surface area contributed by atoms with Crippen LogP contribution in [-0.2, 0) is 13.1 Å². The zero-order valence-electron chi connectivity index (χ0n) is 16.7. The molecule has 5 rings (SSSR count). The maximum Gasteiger partial charge on any atom is 0.314 e. The monoisotopic (exact) mass is 461 g/mol. The molecule has 0 spiro atoms. The van der Waals surface area contributed by atoms with E-state index in [1.807, 2.05) is 11.6 Å². The number of alkyl halides is 3. The first kappa shape index (κ1) is 20.8. The molecular formula is C20H18F3N7OS. The van der Waals surface area contributed by atoms with Gasteiger partial charge in [-0.1, -0.05) is 5.21 Å². The van der Waals surface area contributed by atoms with Gasteiger partial charge in [-0.3, -0.25) is 9.88 Å². The van der Waals surface area contributed by atoms with Gasteiger partial charge in [-0.05, 0) is 24.6 Å². The summed E-state index contributed by atoms with van der Waals surface area (Å²) in [6.45, 7) is 2.42. The number of hydrogen-bond acceptors (Lipinski definition) is 8. The molecule has 0 aromatic carbocycles. The highest BCUT2D eigenvalue weighted by atomic mass is 32.1. The molecule has 1 aliphatic rings. The summed E-state index contributed by atoms with van der Waals surface area (Å²) in [6, 6.07) is 5.48. The zero-order chi connectivity index (χ0) is 22.1. The average Bonchev–Trinajstić information content (AvgIpc) is 3.56. The maximum atomic E-state index is 13.4. The molecule has 0 amide bonds. The molecule has 166 valence electrons. The lowest BCUT2D eigenvalue weighted by Gasteiger charge is -2.12. The molecule has 1 atom stereocenters. The number of halogens is 3. The first-order valence-electron chi connectivity index (χ1n) is 9.94. The van der Waals surface area contributed by atoms with E-state index in [2.05, 4.69) is 36.5 Å². The third kappa shape index (κ3) is 4.55. The minimum atomic E-state index is -2.81. The SMILES string of the molecule is FC1CCN(Cc2cc(-c3cn(Cc4ccc(-c5nnc(C(F)F)o5)cn4)nn3)cs2)C1. The van der Waals surface area contributed by atoms with E-state index in [1.54, 1.807) is 28.2 Å². The fourth-order valence-electron chi connectivity index (χ4n) is 3.51. The molecule has 0 radical (unpaired) electrons. The van der Waals surface area contributed by atoms with Crippen molar-refractivity contribution in [1.29, 1.82) is 0 Å². The molecule has 1 fully saturated rings. The third-order valence-corrected chi connectivity index (χ3v) is 6.03. The quantitative estimate of drug-likeness (QED) is 0.412. The number of nitrogens with zero attached hydrogens (tertiary/aromatic N) is 7. The number of aromatic nitrogens is 6. The van der Waals surface area contributed by atoms with E-state index in [1.165, 1.54) is 6.20 Å². The Kier molecular flexibility index (Phi) is 5.70. The van der Waals surface area contributed by atoms with Crippen molar-refractivity contribution in [2.75, 3.05) is 13.1 Å². The van der Waals surface area contributed by atoms with Crippen LogP contribution in [-0.4, -0.2) is 54.3 Å². The second kappa shape index (κ2) is 8.79. The molecule has 1 saturated heterocycles. The number of thiophene rings is 1. The van der Waals surface area contributed by atoms with Crippen molar-refractivity contribution in [1.82, 2.24) is 35.1 Å². The lowest BCUT2D eigenvalue weighted by Crippen LogP contribution is -2.19. The second-order valence-corrected chi connectivity index (χ2v) is 8.50. The van der Waals surface area contributed by atoms with E-state index in [0.717, 1.165) is 29.2 Å². The van der Waals surface area contributed by atoms with Gasteiger partial charge in [0.15, 0.2) is 0 Å². The van der Waals surface area contributed by atoms with Gasteiger partial charge >= 0.3 is 6.43 Å². The molecule has 1 unspecified atom stereocenters. The van der Waals surface area contributed by atoms with Gasteiger partial charge < -0.3 is 4.42 Å². The molecule has 5 heterocycles. The van der Waals surface area contributed by atoms with E-state index in [4.69, 9.17) is 4.42 Å². The van der Waals surface area contributed by atoms with Crippen molar-refractivity contribution in [3.05, 3.63) is 52.4 Å². The fourth-order valence-corrected chi connectivity index (χ4v) is 4.42. The Morgan fingerprint density at radius 2 is 2.06 bits per heavy atom. The van der Waals surface area contributed by atoms with Gasteiger partial charge in [-0.15, -0.1) is 26.6 Å². The van der Waals surface area contributed by atoms with Crippen molar-refractivity contribution in [2.45, 2.75) is 32.1 Å². The first-order chi connectivity index (χ1) is 15.5. The summed E-state index contributed by atoms with van der Waals surface area (Å²) in [5, 5.41) is 17.3. The third-order valence-electron chi connectivity index (χ3n) is 5.11. The van der Waals surface area contributed by atoms with Crippen LogP contribution in [0.25, 0.3) is 22.7 Å². The van der Waals surface area contributed by atoms with Crippen LogP contribution in [0.2, 0.25) is 0 Å². The normalized spacial score (nSPS) is 16.9. The van der Waals surface area contributed by atoms with Crippen molar-refractivity contribution in [3.63, 3.8) is 0 Å². The molecule has 1 aliphatic heterocycles. The van der Waals surface area contributed by atoms with E-state index < -0.39 is 18.5 Å². The summed E-state index contributed by atoms with van der Waals surface area (Å²) in [5.41, 5.74) is 2.89. The topological polar surface area (TPSA) is 85.8 Å². The molecule has 12 heteroatoms. The van der Waals surface area contributed by atoms with Crippen LogP contribution in [0.4, 0.5) is 13.2 Å². The Morgan fingerprint density at radius 3 is 2.78 bits per heavy atom. The van der Waals surface area contributed by atoms with Gasteiger partial charge in [-0.25, -0.2) is 9.07 Å². The van der Waals surface area contributed by atoms with E-state index >= 15 is 0 Å². The Morgan fingerprint density at radius 1 is 1.16 bits per heavy atom. The second-order valence-electron chi connectivity index (χ2n) is 7.51. The summed E-state index contributed by atoms with van der Waals surface area (Å²) >= 11 is 1.63. The van der Waals surface area contributed by atoms with Crippen molar-refractivity contribution in [2.24, 2.45) is 0 Å². The zero-order valence-corrected chi connectivity index (χ0v) is 17.6. The molecule has 0 saturated carbocycles. The Bertz CT molecular complexity index is 1190. The van der Waals surface area contributed by atoms with E-state index in [0.29, 0.717) is 30.8 Å². The molecule has 0 bridgehead atoms. The van der Waals surface area contributed by atoms with Crippen molar-refractivity contribution in [3.8, 4) is 22.7 Å². The molecule has 32 heavy (non-hydrogen) atoms. The maximum absolute atomic E-state index is 13.4. The Hall–Kier alpha value is -3.12. The van der Waals surface area contributed by atoms with Gasteiger partial charge in [0.25, 0.3) is 5.89 Å². The van der Waals surface area contributed by atoms with Gasteiger partial charge in [0, 0.05) is 41.7 Å². The van der Waals surface area contributed by atoms with Crippen LogP contribution in [0.5, 0.6) is 0 Å². The summed E-state index contributed by atoms with van der Waals surface area (Å²) in [7, 11) is 0. The minimum Gasteiger partial charge on any atom is -0.415 e. The summed E-state index contributed by atoms with van der Waals surface area (Å²) in [5.74, 6) is -0.727. The molecule has 4 aromatic heterocycles. The highest BCUT2D eigenvalue weighted by Crippen LogP contribution is 2.27. The predicted molar refractivity (Wildman–Crippen MR) is 110 cm³/mol. The lowest BCUT2D eigenvalue weighted by atomic mass is 10.2. The van der Waals surface area contributed by atoms with E-state index in [-0.39, 0.29) is 5.89 Å². The van der Waals surface area contributed by atoms with Crippen LogP contribution in [0, 0.1) is 0 Å². The lowest BCUT2D eigenvalue weighted by molar-refractivity contribution is 0.116. The number of pyridine rings is 1. The fraction of sp³-hybridized carbons (Fsp3) is 0.350. The van der Waals surface area contributed by atoms with Gasteiger partial charge in [0.2, 0.25) is 5.89 Å². The highest BCUT2D eigenvalue weighted by molar-refractivity contribution is 7.10. The van der Waals surface area contributed by atoms with Gasteiger partial charge in [-0.2, -0.15) is 8.78 Å². The molecule has 0 N–H and O–H groups in total. The largest absolute Gasteiger partial charge is 0.415 e. The van der Waals surface area contributed by atoms with Crippen LogP contribution < -0.4 is 0 Å². The predicted octanol–water partition coefficient (Wildman–Crippen LogP) is 3.98. The molecule has 4 aromatic rings. The Balaban J connectivity index is 1.22. The molecular weight excluding hydrogens is 443 g/mol. The van der Waals surface area contributed by atoms with Gasteiger partial charge in [0.1, 0.15) is 11.9 Å². The number of likely N-dealkylation sites (tertiary alicyclic amines) is 1. The van der Waals surface area contributed by atoms with Crippen LogP contribution in [0.15, 0.2) is 40.4 Å². The first-order valence-corrected chi connectivity index (χ1v) is 10.8. The summed E-state index contributed by atoms with van der Waals surface area (Å²) < 4.78 is 45.1. The minimum absolute atomic E-state index is 0.00776. The molecule has 8 nitrogen and oxygen atoms in total. The smallest absolute Gasteiger partial charge is 0.314 e. The van der Waals surface area contributed by atoms with Crippen LogP contribution >= 0.6 is 11.3 Å². The average molecular weight is 461 g/mol. The number of hydrogen-bond donors (Lipinski definition) is 0. The van der Waals surface area contributed by atoms with Crippen molar-refractivity contribution >= 4 is 11.3 Å². The number of rotatable bonds is 7. The van der Waals surface area contributed by atoms with E-state index in [9.17, 15) is 13.2 Å². The summed E-state index contributed by atoms with van der Waals surface area (Å²) in [4.78, 5) is 7.60.